The number of nitrogens with one attached hydrogen (secondary N) is 8. The molecule has 0 aliphatic carbocycles. The summed E-state index contributed by atoms with van der Waals surface area (Å²) in [5.74, 6) is -12.5. The molecule has 0 fully saturated rings. The fourth-order valence-corrected chi connectivity index (χ4v) is 7.49. The van der Waals surface area contributed by atoms with E-state index in [0.717, 1.165) is 6.92 Å². The fourth-order valence-electron chi connectivity index (χ4n) is 7.49. The number of hydrogen-bond donors (Lipinski definition) is 17. The van der Waals surface area contributed by atoms with Gasteiger partial charge in [-0.1, -0.05) is 53.7 Å². The molecule has 1 aromatic carbocycles. The van der Waals surface area contributed by atoms with Gasteiger partial charge in [0.1, 0.15) is 54.1 Å². The molecule has 0 aliphatic heterocycles. The second-order valence-electron chi connectivity index (χ2n) is 20.0. The van der Waals surface area contributed by atoms with Gasteiger partial charge in [0, 0.05) is 25.8 Å². The molecule has 0 saturated carbocycles. The lowest BCUT2D eigenvalue weighted by molar-refractivity contribution is -0.143. The number of nitrogens with two attached hydrogens (primary N) is 5. The molecule has 1 rings (SSSR count). The van der Waals surface area contributed by atoms with Gasteiger partial charge in [-0.05, 0) is 80.9 Å². The number of carbonyl (C=O) groups is 11. The Hall–Kier alpha value is -7.66. The third-order valence-electron chi connectivity index (χ3n) is 11.7. The van der Waals surface area contributed by atoms with Gasteiger partial charge in [-0.15, -0.1) is 0 Å². The lowest BCUT2D eigenvalue weighted by atomic mass is 10.0. The third-order valence-corrected chi connectivity index (χ3v) is 11.7. The number of aliphatic hydroxyl groups is 2. The molecular weight excluding hydrogens is 1020 g/mol. The summed E-state index contributed by atoms with van der Waals surface area (Å²) in [6.45, 7) is 10.2. The van der Waals surface area contributed by atoms with Crippen LogP contribution in [0.2, 0.25) is 0 Å². The van der Waals surface area contributed by atoms with Crippen LogP contribution in [-0.2, 0) is 59.2 Å². The molecule has 78 heavy (non-hydrogen) atoms. The predicted octanol–water partition coefficient (Wildman–Crippen LogP) is -5.07. The highest BCUT2D eigenvalue weighted by molar-refractivity contribution is 5.98. The van der Waals surface area contributed by atoms with Crippen LogP contribution >= 0.6 is 0 Å². The minimum absolute atomic E-state index is 0.0744. The van der Waals surface area contributed by atoms with Gasteiger partial charge in [-0.2, -0.15) is 0 Å². The smallest absolute Gasteiger partial charge is 0.326 e. The molecule has 0 spiro atoms. The van der Waals surface area contributed by atoms with Crippen LogP contribution < -0.4 is 71.2 Å². The van der Waals surface area contributed by atoms with E-state index in [-0.39, 0.29) is 55.8 Å². The number of phenolic OH excluding ortho intramolecular Hbond substituents is 1. The molecule has 0 aromatic heterocycles. The number of aromatic hydroxyl groups is 1. The molecule has 438 valence electrons. The molecule has 0 radical (unpaired) electrons. The molecule has 0 aliphatic rings. The van der Waals surface area contributed by atoms with E-state index in [0.29, 0.717) is 12.0 Å². The van der Waals surface area contributed by atoms with Gasteiger partial charge in [-0.25, -0.2) is 4.79 Å². The topological polar surface area (TPSA) is 507 Å². The third kappa shape index (κ3) is 25.9. The Bertz CT molecular complexity index is 2240. The molecular formula is C49H82N14O15. The van der Waals surface area contributed by atoms with Crippen LogP contribution in [0.25, 0.3) is 0 Å². The van der Waals surface area contributed by atoms with Crippen LogP contribution in [0, 0.1) is 17.8 Å². The average molecular weight is 1110 g/mol. The van der Waals surface area contributed by atoms with Crippen molar-refractivity contribution in [3.63, 3.8) is 0 Å². The Morgan fingerprint density at radius 2 is 0.923 bits per heavy atom. The zero-order valence-electron chi connectivity index (χ0n) is 45.2. The quantitative estimate of drug-likeness (QED) is 0.0170. The fraction of sp³-hybridized carbons (Fsp3) is 0.633. The molecule has 0 bridgehead atoms. The van der Waals surface area contributed by atoms with Crippen molar-refractivity contribution in [1.29, 1.82) is 0 Å². The van der Waals surface area contributed by atoms with Crippen LogP contribution in [0.5, 0.6) is 5.75 Å². The number of carboxylic acids is 1. The Labute approximate surface area is 452 Å². The van der Waals surface area contributed by atoms with Crippen molar-refractivity contribution in [2.24, 2.45) is 51.4 Å². The Balaban J connectivity index is 3.43. The summed E-state index contributed by atoms with van der Waals surface area (Å²) >= 11 is 0. The molecule has 22 N–H and O–H groups in total. The molecule has 10 amide bonds. The number of primary amides is 2. The zero-order chi connectivity index (χ0) is 59.6. The van der Waals surface area contributed by atoms with E-state index in [2.05, 4.69) is 47.5 Å². The van der Waals surface area contributed by atoms with Crippen LogP contribution in [0.3, 0.4) is 0 Å². The SMILES string of the molecule is CC(C)C[C@H](NC(=O)[C@H](CO)NC(=O)[C@H](CCC(N)=O)NC(=O)[C@H](CC(C)C)NC(=O)[C@@H](N)CCCN=C(N)N)C(=O)N[C@@H](CCC(N)=O)C(=O)N[C@H](C(=O)N[C@@H](Cc1ccc(O)cc1)C(=O)N[C@H](C(=O)O)C(C)C)[C@@H](C)O. The number of carbonyl (C=O) groups excluding carboxylic acids is 10. The van der Waals surface area contributed by atoms with Gasteiger partial charge >= 0.3 is 5.97 Å². The number of amides is 10. The Morgan fingerprint density at radius 3 is 1.35 bits per heavy atom. The maximum Gasteiger partial charge on any atom is 0.326 e. The first-order valence-electron chi connectivity index (χ1n) is 25.5. The van der Waals surface area contributed by atoms with Crippen LogP contribution in [-0.4, -0.2) is 165 Å². The first kappa shape index (κ1) is 68.4. The lowest BCUT2D eigenvalue weighted by Gasteiger charge is -2.29. The second-order valence-corrected chi connectivity index (χ2v) is 20.0. The van der Waals surface area contributed by atoms with E-state index in [9.17, 15) is 73.2 Å². The van der Waals surface area contributed by atoms with Crippen molar-refractivity contribution >= 4 is 71.0 Å². The zero-order valence-corrected chi connectivity index (χ0v) is 45.2. The highest BCUT2D eigenvalue weighted by Gasteiger charge is 2.37. The minimum Gasteiger partial charge on any atom is -0.508 e. The van der Waals surface area contributed by atoms with Crippen LogP contribution in [0.1, 0.15) is 105 Å². The van der Waals surface area contributed by atoms with Gasteiger partial charge in [-0.3, -0.25) is 52.9 Å². The normalized spacial score (nSPS) is 15.0. The number of hydrogen-bond acceptors (Lipinski definition) is 16. The van der Waals surface area contributed by atoms with E-state index < -0.39 is 164 Å². The van der Waals surface area contributed by atoms with Crippen LogP contribution in [0.4, 0.5) is 0 Å². The van der Waals surface area contributed by atoms with Gasteiger partial charge in [0.2, 0.25) is 59.1 Å². The summed E-state index contributed by atoms with van der Waals surface area (Å²) in [5, 5.41) is 59.9. The highest BCUT2D eigenvalue weighted by atomic mass is 16.4. The highest BCUT2D eigenvalue weighted by Crippen LogP contribution is 2.14. The molecule has 0 unspecified atom stereocenters. The molecule has 29 heteroatoms. The molecule has 10 atom stereocenters. The van der Waals surface area contributed by atoms with E-state index in [1.165, 1.54) is 24.3 Å². The van der Waals surface area contributed by atoms with Crippen molar-refractivity contribution < 1.29 is 73.2 Å². The Morgan fingerprint density at radius 1 is 0.526 bits per heavy atom. The lowest BCUT2D eigenvalue weighted by Crippen LogP contribution is -2.62. The molecule has 1 aromatic rings. The van der Waals surface area contributed by atoms with Crippen molar-refractivity contribution in [3.05, 3.63) is 29.8 Å². The monoisotopic (exact) mass is 1110 g/mol. The number of nitrogens with zero attached hydrogens (tertiary/aromatic N) is 1. The maximum absolute atomic E-state index is 14.0. The maximum atomic E-state index is 14.0. The Kier molecular flexibility index (Phi) is 30.0. The first-order valence-corrected chi connectivity index (χ1v) is 25.5. The summed E-state index contributed by atoms with van der Waals surface area (Å²) in [4.78, 5) is 149. The molecule has 0 saturated heterocycles. The number of benzene rings is 1. The van der Waals surface area contributed by atoms with Gasteiger partial charge in [0.05, 0.1) is 18.8 Å². The number of aliphatic imine (C=N–C) groups is 1. The summed E-state index contributed by atoms with van der Waals surface area (Å²) < 4.78 is 0. The second kappa shape index (κ2) is 34.2. The van der Waals surface area contributed by atoms with Gasteiger partial charge in [0.25, 0.3) is 0 Å². The minimum atomic E-state index is -1.85. The molecule has 0 heterocycles. The standard InChI is InChI=1S/C49H82N14O15/c1-23(2)19-32(58-40(69)29(50)9-8-18-55-49(53)54)43(72)56-30(14-16-36(51)67)41(70)61-35(22-64)46(75)59-33(20-24(3)4)44(73)57-31(15-17-37(52)68)42(71)63-39(26(7)65)47(76)60-34(21-27-10-12-28(66)13-11-27)45(74)62-38(25(5)6)48(77)78/h10-13,23-26,29-35,38-39,64-66H,8-9,14-22,50H2,1-7H3,(H2,51,67)(H2,52,68)(H,56,72)(H,57,73)(H,58,69)(H,59,75)(H,60,76)(H,61,70)(H,62,74)(H,63,71)(H,77,78)(H4,53,54,55)/t26-,29+,30+,31+,32+,33+,34+,35+,38+,39+/m1/s1. The van der Waals surface area contributed by atoms with Gasteiger partial charge in [0.15, 0.2) is 5.96 Å². The summed E-state index contributed by atoms with van der Waals surface area (Å²) in [6.07, 6.45) is -3.33. The van der Waals surface area contributed by atoms with Crippen molar-refractivity contribution in [2.45, 2.75) is 167 Å². The number of aliphatic hydroxyl groups excluding tert-OH is 2. The first-order chi connectivity index (χ1) is 36.4. The number of phenols is 1. The van der Waals surface area contributed by atoms with E-state index >= 15 is 0 Å². The summed E-state index contributed by atoms with van der Waals surface area (Å²) in [6, 6.07) is -8.14. The van der Waals surface area contributed by atoms with Crippen LogP contribution in [0.15, 0.2) is 29.3 Å². The van der Waals surface area contributed by atoms with E-state index in [1.807, 2.05) is 0 Å². The summed E-state index contributed by atoms with van der Waals surface area (Å²) in [5.41, 5.74) is 27.8. The van der Waals surface area contributed by atoms with Crippen molar-refractivity contribution in [2.75, 3.05) is 13.2 Å². The largest absolute Gasteiger partial charge is 0.508 e. The number of carboxylic acid groups (broad SMARTS) is 1. The number of rotatable bonds is 36. The van der Waals surface area contributed by atoms with Crippen molar-refractivity contribution in [1.82, 2.24) is 42.5 Å². The van der Waals surface area contributed by atoms with E-state index in [4.69, 9.17) is 28.7 Å². The summed E-state index contributed by atoms with van der Waals surface area (Å²) in [7, 11) is 0. The average Bonchev–Trinajstić information content (AvgIpc) is 3.33. The predicted molar refractivity (Wildman–Crippen MR) is 282 cm³/mol. The number of guanidine groups is 1. The molecule has 29 nitrogen and oxygen atoms in total. The van der Waals surface area contributed by atoms with Crippen molar-refractivity contribution in [3.8, 4) is 5.75 Å². The van der Waals surface area contributed by atoms with Gasteiger partial charge < -0.3 is 91.6 Å². The van der Waals surface area contributed by atoms with E-state index in [1.54, 1.807) is 41.5 Å². The number of aliphatic carboxylic acids is 1.